The molecule has 11 nitrogen and oxygen atoms in total. The van der Waals surface area contributed by atoms with E-state index in [0.717, 1.165) is 0 Å². The molecule has 0 aliphatic carbocycles. The van der Waals surface area contributed by atoms with E-state index in [1.165, 1.54) is 0 Å². The second-order valence-electron chi connectivity index (χ2n) is 12.4. The lowest BCUT2D eigenvalue weighted by atomic mass is 9.74. The summed E-state index contributed by atoms with van der Waals surface area (Å²) in [5, 5.41) is 12.3. The molecule has 4 heterocycles. The van der Waals surface area contributed by atoms with Crippen molar-refractivity contribution >= 4 is 45.3 Å². The second kappa shape index (κ2) is 14.6. The van der Waals surface area contributed by atoms with Crippen LogP contribution in [-0.2, 0) is 28.7 Å². The third kappa shape index (κ3) is 6.40. The zero-order valence-corrected chi connectivity index (χ0v) is 28.3. The van der Waals surface area contributed by atoms with E-state index in [4.69, 9.17) is 14.2 Å². The maximum Gasteiger partial charge on any atom is 0.313 e. The molecule has 6 rings (SSSR count). The molecule has 0 aromatic heterocycles. The highest BCUT2D eigenvalue weighted by atomic mass is 79.9. The number of hydrogen-bond donors (Lipinski definition) is 2. The van der Waals surface area contributed by atoms with E-state index in [9.17, 15) is 24.3 Å². The van der Waals surface area contributed by atoms with Gasteiger partial charge in [0.2, 0.25) is 11.8 Å². The van der Waals surface area contributed by atoms with Crippen LogP contribution >= 0.6 is 15.9 Å². The quantitative estimate of drug-likeness (QED) is 0.239. The Kier molecular flexibility index (Phi) is 10.3. The number of carbonyl (C=O) groups excluding carboxylic acids is 4. The largest absolute Gasteiger partial charge is 0.497 e. The first-order chi connectivity index (χ1) is 23.3. The molecule has 0 saturated carbocycles. The zero-order chi connectivity index (χ0) is 33.8. The van der Waals surface area contributed by atoms with Crippen molar-refractivity contribution in [1.29, 1.82) is 0 Å². The molecular formula is C36H40BrN3O8. The third-order valence-corrected chi connectivity index (χ3v) is 10.2. The summed E-state index contributed by atoms with van der Waals surface area (Å²) in [6, 6.07) is 15.2. The molecule has 1 spiro atoms. The molecule has 2 saturated heterocycles. The van der Waals surface area contributed by atoms with Gasteiger partial charge in [-0.25, -0.2) is 0 Å². The Morgan fingerprint density at radius 2 is 1.77 bits per heavy atom. The van der Waals surface area contributed by atoms with Crippen LogP contribution in [0.15, 0.2) is 77.3 Å². The summed E-state index contributed by atoms with van der Waals surface area (Å²) in [4.78, 5) is 59.6. The van der Waals surface area contributed by atoms with E-state index in [2.05, 4.69) is 21.2 Å². The topological polar surface area (TPSA) is 135 Å². The summed E-state index contributed by atoms with van der Waals surface area (Å²) in [7, 11) is 1.56. The zero-order valence-electron chi connectivity index (χ0n) is 26.8. The van der Waals surface area contributed by atoms with Crippen molar-refractivity contribution in [2.75, 3.05) is 38.3 Å². The highest BCUT2D eigenvalue weighted by molar-refractivity contribution is 9.11. The number of aliphatic hydroxyl groups excluding tert-OH is 1. The van der Waals surface area contributed by atoms with Crippen LogP contribution < -0.4 is 15.0 Å². The van der Waals surface area contributed by atoms with Gasteiger partial charge < -0.3 is 34.4 Å². The average Bonchev–Trinajstić information content (AvgIpc) is 3.69. The van der Waals surface area contributed by atoms with Gasteiger partial charge in [0.15, 0.2) is 0 Å². The number of nitrogens with one attached hydrogen (secondary N) is 1. The fourth-order valence-corrected chi connectivity index (χ4v) is 7.97. The number of cyclic esters (lactones) is 1. The molecule has 48 heavy (non-hydrogen) atoms. The Hall–Kier alpha value is -4.00. The lowest BCUT2D eigenvalue weighted by Crippen LogP contribution is -2.56. The monoisotopic (exact) mass is 721 g/mol. The van der Waals surface area contributed by atoms with Crippen molar-refractivity contribution in [3.63, 3.8) is 0 Å². The highest BCUT2D eigenvalue weighted by Crippen LogP contribution is 2.59. The molecule has 254 valence electrons. The Morgan fingerprint density at radius 1 is 1.00 bits per heavy atom. The Labute approximate surface area is 288 Å². The van der Waals surface area contributed by atoms with Gasteiger partial charge in [0.05, 0.1) is 19.6 Å². The number of amides is 3. The van der Waals surface area contributed by atoms with E-state index < -0.39 is 41.7 Å². The van der Waals surface area contributed by atoms with Crippen LogP contribution in [0.25, 0.3) is 0 Å². The second-order valence-corrected chi connectivity index (χ2v) is 13.4. The summed E-state index contributed by atoms with van der Waals surface area (Å²) in [5.74, 6) is -2.97. The average molecular weight is 723 g/mol. The summed E-state index contributed by atoms with van der Waals surface area (Å²) >= 11 is 3.60. The van der Waals surface area contributed by atoms with Gasteiger partial charge in [0.25, 0.3) is 5.91 Å². The van der Waals surface area contributed by atoms with Crippen molar-refractivity contribution in [3.8, 4) is 5.75 Å². The first-order valence-electron chi connectivity index (χ1n) is 16.4. The molecule has 2 fully saturated rings. The number of aliphatic hydroxyl groups is 1. The van der Waals surface area contributed by atoms with Gasteiger partial charge in [0, 0.05) is 36.3 Å². The molecule has 2 aromatic rings. The van der Waals surface area contributed by atoms with Gasteiger partial charge in [-0.05, 0) is 61.6 Å². The van der Waals surface area contributed by atoms with E-state index in [1.807, 2.05) is 42.5 Å². The minimum absolute atomic E-state index is 0.0257. The minimum Gasteiger partial charge on any atom is -0.497 e. The molecule has 2 N–H and O–H groups in total. The number of unbranched alkanes of at least 4 members (excludes halogenated alkanes) is 2. The van der Waals surface area contributed by atoms with Gasteiger partial charge in [-0.15, -0.1) is 0 Å². The van der Waals surface area contributed by atoms with Crippen LogP contribution in [0.5, 0.6) is 5.75 Å². The number of likely N-dealkylation sites (tertiary alicyclic amines) is 1. The number of ether oxygens (including phenoxy) is 3. The first-order valence-corrected chi connectivity index (χ1v) is 17.2. The van der Waals surface area contributed by atoms with Gasteiger partial charge >= 0.3 is 5.97 Å². The maximum atomic E-state index is 14.9. The van der Waals surface area contributed by atoms with Crippen molar-refractivity contribution in [3.05, 3.63) is 82.9 Å². The molecule has 0 radical (unpaired) electrons. The smallest absolute Gasteiger partial charge is 0.313 e. The lowest BCUT2D eigenvalue weighted by Gasteiger charge is -2.36. The predicted octanol–water partition coefficient (Wildman–Crippen LogP) is 3.81. The maximum absolute atomic E-state index is 14.9. The van der Waals surface area contributed by atoms with Crippen molar-refractivity contribution in [2.45, 2.75) is 56.0 Å². The van der Waals surface area contributed by atoms with Crippen molar-refractivity contribution in [1.82, 2.24) is 10.2 Å². The molecule has 12 heteroatoms. The summed E-state index contributed by atoms with van der Waals surface area (Å²) in [6.45, 7) is 0.505. The number of benzene rings is 2. The van der Waals surface area contributed by atoms with Gasteiger partial charge in [-0.3, -0.25) is 19.2 Å². The fraction of sp³-hybridized carbons (Fsp3) is 0.444. The predicted molar refractivity (Wildman–Crippen MR) is 180 cm³/mol. The number of methoxy groups -OCH3 is 1. The molecule has 6 atom stereocenters. The number of allylic oxidation sites excluding steroid dienone is 1. The first kappa shape index (κ1) is 33.9. The van der Waals surface area contributed by atoms with Crippen LogP contribution in [0.3, 0.4) is 0 Å². The van der Waals surface area contributed by atoms with Gasteiger partial charge in [0.1, 0.15) is 35.5 Å². The fourth-order valence-electron chi connectivity index (χ4n) is 7.23. The van der Waals surface area contributed by atoms with Crippen molar-refractivity contribution in [2.24, 2.45) is 11.8 Å². The molecule has 2 aromatic carbocycles. The van der Waals surface area contributed by atoms with Crippen LogP contribution in [0, 0.1) is 11.8 Å². The number of halogens is 1. The van der Waals surface area contributed by atoms with E-state index >= 15 is 0 Å². The Balaban J connectivity index is 1.43. The van der Waals surface area contributed by atoms with E-state index in [-0.39, 0.29) is 50.4 Å². The van der Waals surface area contributed by atoms with Gasteiger partial charge in [-0.1, -0.05) is 58.4 Å². The van der Waals surface area contributed by atoms with E-state index in [1.54, 1.807) is 47.3 Å². The normalized spacial score (nSPS) is 29.7. The number of nitrogens with zero attached hydrogens (tertiary/aromatic N) is 2. The lowest BCUT2D eigenvalue weighted by molar-refractivity contribution is -0.159. The Bertz CT molecular complexity index is 1580. The van der Waals surface area contributed by atoms with E-state index in [0.29, 0.717) is 47.2 Å². The molecule has 3 amide bonds. The minimum atomic E-state index is -1.42. The number of esters is 1. The number of fused-ring (bicyclic) bond motifs is 2. The Morgan fingerprint density at radius 3 is 2.50 bits per heavy atom. The number of anilines is 1. The number of rotatable bonds is 8. The van der Waals surface area contributed by atoms with Crippen LogP contribution in [0.2, 0.25) is 0 Å². The van der Waals surface area contributed by atoms with Crippen LogP contribution in [0.4, 0.5) is 5.69 Å². The van der Waals surface area contributed by atoms with Crippen LogP contribution in [0.1, 0.15) is 43.8 Å². The summed E-state index contributed by atoms with van der Waals surface area (Å²) < 4.78 is 18.7. The number of hydrogen-bond acceptors (Lipinski definition) is 8. The van der Waals surface area contributed by atoms with Crippen LogP contribution in [-0.4, -0.2) is 84.8 Å². The standard InChI is InChI=1S/C36H40BrN3O8/c1-46-25-16-14-24(15-17-25)39-18-8-3-7-13-28(42)38-22-27(23-11-5-2-6-12-23)47-35(45)29-30-33(43)40(19-9-4-10-20-41)32(34(39)44)36(30)21-26(37)31(29)48-36/h2-3,5-6,8,11-12,14-17,21,27,29-32,41H,4,7,9-10,13,18-20,22H2,1H3,(H,38,42)/b8-3-/t27-,29-,30+,31-,32-,36+/m1/s1. The van der Waals surface area contributed by atoms with Gasteiger partial charge in [-0.2, -0.15) is 0 Å². The molecular weight excluding hydrogens is 682 g/mol. The number of carbonyl (C=O) groups is 4. The molecule has 0 unspecified atom stereocenters. The SMILES string of the molecule is COc1ccc(N2C/C=C\CCC(=O)NC[C@H](c3ccccc3)OC(=O)[C@H]3[C@@H]4O[C@@]5(C=C4Br)[C@@H]3C(=O)N(CCCCCO)[C@@H]5C2=O)cc1. The summed E-state index contributed by atoms with van der Waals surface area (Å²) in [6.07, 6.45) is 6.27. The molecule has 4 aliphatic rings. The summed E-state index contributed by atoms with van der Waals surface area (Å²) in [5.41, 5.74) is -0.133. The molecule has 4 aliphatic heterocycles. The molecule has 5 bridgehead atoms. The van der Waals surface area contributed by atoms with Crippen molar-refractivity contribution < 1.29 is 38.5 Å². The highest BCUT2D eigenvalue weighted by Gasteiger charge is 2.75. The third-order valence-electron chi connectivity index (χ3n) is 9.55.